The van der Waals surface area contributed by atoms with E-state index in [9.17, 15) is 9.90 Å². The van der Waals surface area contributed by atoms with Gasteiger partial charge in [0, 0.05) is 23.5 Å². The first-order valence-corrected chi connectivity index (χ1v) is 7.65. The molecule has 0 aliphatic heterocycles. The molecule has 0 spiro atoms. The average molecular weight is 340 g/mol. The van der Waals surface area contributed by atoms with Crippen LogP contribution in [0.4, 0.5) is 0 Å². The zero-order valence-electron chi connectivity index (χ0n) is 11.9. The molecule has 4 nitrogen and oxygen atoms in total. The maximum absolute atomic E-state index is 12.4. The minimum atomic E-state index is -0.690. The van der Waals surface area contributed by atoms with Crippen LogP contribution in [0.2, 0.25) is 10.0 Å². The Bertz CT molecular complexity index is 700. The van der Waals surface area contributed by atoms with E-state index in [4.69, 9.17) is 27.6 Å². The molecule has 1 aromatic carbocycles. The number of carbonyl (C=O) groups is 1. The van der Waals surface area contributed by atoms with Gasteiger partial charge in [-0.15, -0.1) is 0 Å². The molecule has 0 saturated carbocycles. The number of fused-ring (bicyclic) bond motifs is 1. The fourth-order valence-corrected chi connectivity index (χ4v) is 3.53. The number of likely N-dealkylation sites (N-methyl/N-ethyl adjacent to an activating group) is 1. The molecule has 1 heterocycles. The van der Waals surface area contributed by atoms with Crippen LogP contribution in [-0.2, 0) is 17.6 Å². The fraction of sp³-hybridized carbons (Fsp3) is 0.312. The third-order valence-electron chi connectivity index (χ3n) is 4.04. The molecule has 0 bridgehead atoms. The van der Waals surface area contributed by atoms with Crippen molar-refractivity contribution in [3.63, 3.8) is 0 Å². The highest BCUT2D eigenvalue weighted by Gasteiger charge is 2.37. The van der Waals surface area contributed by atoms with Gasteiger partial charge in [0.15, 0.2) is 0 Å². The van der Waals surface area contributed by atoms with Gasteiger partial charge in [-0.2, -0.15) is 0 Å². The second-order valence-corrected chi connectivity index (χ2v) is 6.33. The quantitative estimate of drug-likeness (QED) is 0.933. The van der Waals surface area contributed by atoms with Crippen LogP contribution in [0.5, 0.6) is 0 Å². The van der Waals surface area contributed by atoms with Gasteiger partial charge in [-0.05, 0) is 34.9 Å². The Kier molecular flexibility index (Phi) is 4.17. The number of amides is 1. The zero-order valence-corrected chi connectivity index (χ0v) is 13.4. The lowest BCUT2D eigenvalue weighted by Gasteiger charge is -2.28. The highest BCUT2D eigenvalue weighted by atomic mass is 35.5. The SMILES string of the molecule is CN(C(=O)Cc1ccoc1)[C@H]1c2cc(Cl)cc(Cl)c2C[C@H]1O. The Morgan fingerprint density at radius 3 is 2.91 bits per heavy atom. The second kappa shape index (κ2) is 5.95. The molecule has 1 N–H and O–H groups in total. The molecule has 0 unspecified atom stereocenters. The van der Waals surface area contributed by atoms with E-state index >= 15 is 0 Å². The molecule has 2 atom stereocenters. The Hall–Kier alpha value is -1.49. The number of aliphatic hydroxyl groups is 1. The van der Waals surface area contributed by atoms with Crippen LogP contribution in [-0.4, -0.2) is 29.1 Å². The number of aliphatic hydroxyl groups excluding tert-OH is 1. The summed E-state index contributed by atoms with van der Waals surface area (Å²) in [6.45, 7) is 0. The molecule has 0 radical (unpaired) electrons. The van der Waals surface area contributed by atoms with E-state index in [0.717, 1.165) is 16.7 Å². The van der Waals surface area contributed by atoms with Crippen molar-refractivity contribution >= 4 is 29.1 Å². The summed E-state index contributed by atoms with van der Waals surface area (Å²) in [5.41, 5.74) is 2.47. The van der Waals surface area contributed by atoms with Gasteiger partial charge in [0.2, 0.25) is 5.91 Å². The summed E-state index contributed by atoms with van der Waals surface area (Å²) in [6.07, 6.45) is 3.02. The average Bonchev–Trinajstić information content (AvgIpc) is 3.05. The van der Waals surface area contributed by atoms with Gasteiger partial charge in [-0.1, -0.05) is 23.2 Å². The van der Waals surface area contributed by atoms with Crippen molar-refractivity contribution in [1.82, 2.24) is 4.90 Å². The Labute approximate surface area is 138 Å². The number of halogens is 2. The Morgan fingerprint density at radius 2 is 2.23 bits per heavy atom. The number of hydrogen-bond donors (Lipinski definition) is 1. The van der Waals surface area contributed by atoms with Crippen molar-refractivity contribution in [3.8, 4) is 0 Å². The van der Waals surface area contributed by atoms with Gasteiger partial charge in [-0.3, -0.25) is 4.79 Å². The molecule has 1 amide bonds. The van der Waals surface area contributed by atoms with Crippen LogP contribution in [0.25, 0.3) is 0 Å². The minimum absolute atomic E-state index is 0.102. The lowest BCUT2D eigenvalue weighted by molar-refractivity contribution is -0.133. The van der Waals surface area contributed by atoms with E-state index in [-0.39, 0.29) is 12.3 Å². The molecule has 1 aliphatic rings. The predicted molar refractivity (Wildman–Crippen MR) is 84.1 cm³/mol. The van der Waals surface area contributed by atoms with Crippen molar-refractivity contribution in [2.45, 2.75) is 25.0 Å². The third-order valence-corrected chi connectivity index (χ3v) is 4.59. The van der Waals surface area contributed by atoms with Gasteiger partial charge in [0.1, 0.15) is 0 Å². The number of carbonyl (C=O) groups excluding carboxylic acids is 1. The molecule has 0 saturated heterocycles. The van der Waals surface area contributed by atoms with Crippen molar-refractivity contribution in [2.24, 2.45) is 0 Å². The normalized spacial score (nSPS) is 20.0. The third kappa shape index (κ3) is 2.74. The van der Waals surface area contributed by atoms with Crippen LogP contribution in [0.3, 0.4) is 0 Å². The highest BCUT2D eigenvalue weighted by Crippen LogP contribution is 2.40. The van der Waals surface area contributed by atoms with Crippen LogP contribution in [0.1, 0.15) is 22.7 Å². The van der Waals surface area contributed by atoms with E-state index in [1.807, 2.05) is 0 Å². The zero-order chi connectivity index (χ0) is 15.9. The first-order chi connectivity index (χ1) is 10.5. The van der Waals surface area contributed by atoms with Crippen LogP contribution >= 0.6 is 23.2 Å². The molecule has 0 fully saturated rings. The van der Waals surface area contributed by atoms with E-state index in [0.29, 0.717) is 16.5 Å². The highest BCUT2D eigenvalue weighted by molar-refractivity contribution is 6.35. The van der Waals surface area contributed by atoms with Crippen LogP contribution < -0.4 is 0 Å². The van der Waals surface area contributed by atoms with Crippen molar-refractivity contribution in [1.29, 1.82) is 0 Å². The van der Waals surface area contributed by atoms with E-state index in [1.165, 1.54) is 6.26 Å². The standard InChI is InChI=1S/C16H15Cl2NO3/c1-19(15(21)4-9-2-3-22-8-9)16-12-5-10(17)6-13(18)11(12)7-14(16)20/h2-3,5-6,8,14,16,20H,4,7H2,1H3/t14-,16+/m1/s1. The summed E-state index contributed by atoms with van der Waals surface area (Å²) in [7, 11) is 1.68. The van der Waals surface area contributed by atoms with Crippen molar-refractivity contribution in [3.05, 3.63) is 57.5 Å². The van der Waals surface area contributed by atoms with Gasteiger partial charge in [0.05, 0.1) is 31.1 Å². The lowest BCUT2D eigenvalue weighted by atomic mass is 10.1. The number of hydrogen-bond acceptors (Lipinski definition) is 3. The summed E-state index contributed by atoms with van der Waals surface area (Å²) in [4.78, 5) is 14.0. The van der Waals surface area contributed by atoms with Gasteiger partial charge >= 0.3 is 0 Å². The van der Waals surface area contributed by atoms with Crippen LogP contribution in [0.15, 0.2) is 35.1 Å². The van der Waals surface area contributed by atoms with E-state index < -0.39 is 12.1 Å². The largest absolute Gasteiger partial charge is 0.472 e. The topological polar surface area (TPSA) is 53.7 Å². The second-order valence-electron chi connectivity index (χ2n) is 5.48. The molecule has 116 valence electrons. The van der Waals surface area contributed by atoms with Gasteiger partial charge in [-0.25, -0.2) is 0 Å². The lowest BCUT2D eigenvalue weighted by Crippen LogP contribution is -2.36. The first kappa shape index (κ1) is 15.4. The number of furan rings is 1. The number of benzene rings is 1. The number of rotatable bonds is 3. The fourth-order valence-electron chi connectivity index (χ4n) is 2.95. The minimum Gasteiger partial charge on any atom is -0.472 e. The first-order valence-electron chi connectivity index (χ1n) is 6.90. The molecule has 3 rings (SSSR count). The van der Waals surface area contributed by atoms with Gasteiger partial charge in [0.25, 0.3) is 0 Å². The molecule has 6 heteroatoms. The van der Waals surface area contributed by atoms with Gasteiger partial charge < -0.3 is 14.4 Å². The molecule has 22 heavy (non-hydrogen) atoms. The molecule has 1 aromatic heterocycles. The predicted octanol–water partition coefficient (Wildman–Crippen LogP) is 3.25. The molecule has 2 aromatic rings. The summed E-state index contributed by atoms with van der Waals surface area (Å²) in [5, 5.41) is 11.4. The maximum atomic E-state index is 12.4. The summed E-state index contributed by atoms with van der Waals surface area (Å²) >= 11 is 12.3. The monoisotopic (exact) mass is 339 g/mol. The number of nitrogens with zero attached hydrogens (tertiary/aromatic N) is 1. The molecule has 1 aliphatic carbocycles. The van der Waals surface area contributed by atoms with Crippen molar-refractivity contribution in [2.75, 3.05) is 7.05 Å². The molecular weight excluding hydrogens is 325 g/mol. The van der Waals surface area contributed by atoms with Crippen molar-refractivity contribution < 1.29 is 14.3 Å². The Balaban J connectivity index is 1.87. The Morgan fingerprint density at radius 1 is 1.45 bits per heavy atom. The summed E-state index contributed by atoms with van der Waals surface area (Å²) < 4.78 is 4.97. The summed E-state index contributed by atoms with van der Waals surface area (Å²) in [5.74, 6) is -0.102. The van der Waals surface area contributed by atoms with E-state index in [2.05, 4.69) is 0 Å². The molecular formula is C16H15Cl2NO3. The smallest absolute Gasteiger partial charge is 0.227 e. The van der Waals surface area contributed by atoms with Crippen LogP contribution in [0, 0.1) is 0 Å². The summed E-state index contributed by atoms with van der Waals surface area (Å²) in [6, 6.07) is 4.74. The maximum Gasteiger partial charge on any atom is 0.227 e. The van der Waals surface area contributed by atoms with E-state index in [1.54, 1.807) is 36.4 Å².